The standard InChI is InChI=1S/C13H22O3/c1-9(8-11(3)12(4)14)6-5-7-10(2)13(15)16/h5-6,9-11H,7-8H2,1-4H3,(H,15,16)/b6-5+/t9-,10+,11-/m1/s1. The summed E-state index contributed by atoms with van der Waals surface area (Å²) in [7, 11) is 0. The maximum atomic E-state index is 11.0. The molecule has 0 aromatic rings. The molecule has 0 rings (SSSR count). The normalized spacial score (nSPS) is 17.0. The first kappa shape index (κ1) is 14.9. The largest absolute Gasteiger partial charge is 0.481 e. The molecule has 0 bridgehead atoms. The number of hydrogen-bond donors (Lipinski definition) is 1. The average Bonchev–Trinajstić information content (AvgIpc) is 2.16. The molecular weight excluding hydrogens is 204 g/mol. The first-order chi connectivity index (χ1) is 7.34. The zero-order valence-corrected chi connectivity index (χ0v) is 10.6. The molecule has 3 heteroatoms. The summed E-state index contributed by atoms with van der Waals surface area (Å²) in [6.45, 7) is 7.26. The lowest BCUT2D eigenvalue weighted by molar-refractivity contribution is -0.141. The number of carboxylic acids is 1. The van der Waals surface area contributed by atoms with Crippen LogP contribution in [0.4, 0.5) is 0 Å². The summed E-state index contributed by atoms with van der Waals surface area (Å²) < 4.78 is 0. The second-order valence-corrected chi connectivity index (χ2v) is 4.63. The van der Waals surface area contributed by atoms with Crippen LogP contribution in [0.3, 0.4) is 0 Å². The van der Waals surface area contributed by atoms with Gasteiger partial charge >= 0.3 is 5.97 Å². The number of ketones is 1. The van der Waals surface area contributed by atoms with E-state index in [0.29, 0.717) is 12.3 Å². The fourth-order valence-corrected chi connectivity index (χ4v) is 1.42. The third kappa shape index (κ3) is 6.38. The second kappa shape index (κ2) is 7.20. The molecule has 3 atom stereocenters. The van der Waals surface area contributed by atoms with Crippen molar-refractivity contribution in [3.05, 3.63) is 12.2 Å². The number of carbonyl (C=O) groups is 2. The lowest BCUT2D eigenvalue weighted by atomic mass is 9.93. The van der Waals surface area contributed by atoms with Crippen LogP contribution in [-0.4, -0.2) is 16.9 Å². The summed E-state index contributed by atoms with van der Waals surface area (Å²) in [6, 6.07) is 0. The van der Waals surface area contributed by atoms with E-state index in [1.54, 1.807) is 13.8 Å². The Morgan fingerprint density at radius 3 is 2.19 bits per heavy atom. The highest BCUT2D eigenvalue weighted by molar-refractivity contribution is 5.77. The summed E-state index contributed by atoms with van der Waals surface area (Å²) in [5, 5.41) is 8.69. The van der Waals surface area contributed by atoms with Crippen molar-refractivity contribution in [2.75, 3.05) is 0 Å². The van der Waals surface area contributed by atoms with Crippen molar-refractivity contribution in [2.24, 2.45) is 17.8 Å². The first-order valence-corrected chi connectivity index (χ1v) is 5.74. The molecule has 0 radical (unpaired) electrons. The molecule has 16 heavy (non-hydrogen) atoms. The molecule has 0 aliphatic heterocycles. The third-order valence-electron chi connectivity index (χ3n) is 2.80. The highest BCUT2D eigenvalue weighted by atomic mass is 16.4. The SMILES string of the molecule is CC(=O)[C@H](C)C[C@H](C)/C=C/C[C@H](C)C(=O)O. The molecule has 0 aromatic carbocycles. The van der Waals surface area contributed by atoms with Crippen LogP contribution in [0, 0.1) is 17.8 Å². The van der Waals surface area contributed by atoms with E-state index in [9.17, 15) is 9.59 Å². The van der Waals surface area contributed by atoms with Gasteiger partial charge in [-0.25, -0.2) is 0 Å². The number of carboxylic acid groups (broad SMARTS) is 1. The van der Waals surface area contributed by atoms with Crippen LogP contribution in [0.2, 0.25) is 0 Å². The molecule has 0 unspecified atom stereocenters. The monoisotopic (exact) mass is 226 g/mol. The van der Waals surface area contributed by atoms with E-state index in [4.69, 9.17) is 5.11 Å². The topological polar surface area (TPSA) is 54.4 Å². The molecule has 0 aliphatic carbocycles. The van der Waals surface area contributed by atoms with Gasteiger partial charge < -0.3 is 5.11 Å². The highest BCUT2D eigenvalue weighted by Crippen LogP contribution is 2.14. The Morgan fingerprint density at radius 2 is 1.75 bits per heavy atom. The van der Waals surface area contributed by atoms with Gasteiger partial charge in [0.1, 0.15) is 5.78 Å². The van der Waals surface area contributed by atoms with Crippen LogP contribution in [0.1, 0.15) is 40.5 Å². The minimum Gasteiger partial charge on any atom is -0.481 e. The molecule has 1 N–H and O–H groups in total. The minimum absolute atomic E-state index is 0.0801. The van der Waals surface area contributed by atoms with Crippen molar-refractivity contribution < 1.29 is 14.7 Å². The second-order valence-electron chi connectivity index (χ2n) is 4.63. The van der Waals surface area contributed by atoms with Gasteiger partial charge in [0.15, 0.2) is 0 Å². The van der Waals surface area contributed by atoms with Crippen LogP contribution in [0.15, 0.2) is 12.2 Å². The van der Waals surface area contributed by atoms with Gasteiger partial charge in [-0.05, 0) is 25.7 Å². The number of carbonyl (C=O) groups excluding carboxylic acids is 1. The molecule has 0 heterocycles. The maximum absolute atomic E-state index is 11.0. The van der Waals surface area contributed by atoms with Crippen molar-refractivity contribution >= 4 is 11.8 Å². The van der Waals surface area contributed by atoms with Gasteiger partial charge in [-0.1, -0.05) is 32.9 Å². The molecule has 0 spiro atoms. The van der Waals surface area contributed by atoms with E-state index in [2.05, 4.69) is 0 Å². The van der Waals surface area contributed by atoms with E-state index >= 15 is 0 Å². The Labute approximate surface area is 97.5 Å². The third-order valence-corrected chi connectivity index (χ3v) is 2.80. The average molecular weight is 226 g/mol. The number of hydrogen-bond acceptors (Lipinski definition) is 2. The fraction of sp³-hybridized carbons (Fsp3) is 0.692. The lowest BCUT2D eigenvalue weighted by Crippen LogP contribution is -2.10. The molecule has 3 nitrogen and oxygen atoms in total. The van der Waals surface area contributed by atoms with E-state index in [0.717, 1.165) is 6.42 Å². The lowest BCUT2D eigenvalue weighted by Gasteiger charge is -2.11. The zero-order chi connectivity index (χ0) is 12.7. The smallest absolute Gasteiger partial charge is 0.306 e. The Morgan fingerprint density at radius 1 is 1.19 bits per heavy atom. The molecule has 0 saturated heterocycles. The van der Waals surface area contributed by atoms with E-state index in [-0.39, 0.29) is 17.6 Å². The minimum atomic E-state index is -0.769. The summed E-state index contributed by atoms with van der Waals surface area (Å²) in [6.07, 6.45) is 5.27. The van der Waals surface area contributed by atoms with E-state index in [1.807, 2.05) is 26.0 Å². The van der Waals surface area contributed by atoms with Crippen molar-refractivity contribution in [3.8, 4) is 0 Å². The Kier molecular flexibility index (Phi) is 6.70. The number of Topliss-reactive ketones (excluding diaryl/α,β-unsaturated/α-hetero) is 1. The molecular formula is C13H22O3. The van der Waals surface area contributed by atoms with Crippen LogP contribution < -0.4 is 0 Å². The molecule has 0 saturated carbocycles. The Balaban J connectivity index is 3.95. The fourth-order valence-electron chi connectivity index (χ4n) is 1.42. The maximum Gasteiger partial charge on any atom is 0.306 e. The number of rotatable bonds is 7. The quantitative estimate of drug-likeness (QED) is 0.679. The Bertz CT molecular complexity index is 268. The van der Waals surface area contributed by atoms with E-state index < -0.39 is 5.97 Å². The zero-order valence-electron chi connectivity index (χ0n) is 10.6. The summed E-state index contributed by atoms with van der Waals surface area (Å²) in [5.74, 6) is -0.501. The predicted molar refractivity (Wildman–Crippen MR) is 64.2 cm³/mol. The van der Waals surface area contributed by atoms with Gasteiger partial charge in [0, 0.05) is 5.92 Å². The first-order valence-electron chi connectivity index (χ1n) is 5.74. The number of aliphatic carboxylic acids is 1. The van der Waals surface area contributed by atoms with Crippen molar-refractivity contribution in [1.82, 2.24) is 0 Å². The highest BCUT2D eigenvalue weighted by Gasteiger charge is 2.11. The van der Waals surface area contributed by atoms with Crippen LogP contribution in [0.25, 0.3) is 0 Å². The molecule has 0 fully saturated rings. The van der Waals surface area contributed by atoms with Gasteiger partial charge in [-0.2, -0.15) is 0 Å². The molecule has 0 amide bonds. The predicted octanol–water partition coefficient (Wildman–Crippen LogP) is 2.90. The summed E-state index contributed by atoms with van der Waals surface area (Å²) >= 11 is 0. The summed E-state index contributed by atoms with van der Waals surface area (Å²) in [4.78, 5) is 21.6. The summed E-state index contributed by atoms with van der Waals surface area (Å²) in [5.41, 5.74) is 0. The van der Waals surface area contributed by atoms with Crippen molar-refractivity contribution in [2.45, 2.75) is 40.5 Å². The van der Waals surface area contributed by atoms with Gasteiger partial charge in [0.05, 0.1) is 5.92 Å². The van der Waals surface area contributed by atoms with Gasteiger partial charge in [-0.15, -0.1) is 0 Å². The molecule has 0 aromatic heterocycles. The van der Waals surface area contributed by atoms with Crippen LogP contribution in [-0.2, 0) is 9.59 Å². The van der Waals surface area contributed by atoms with Crippen molar-refractivity contribution in [3.63, 3.8) is 0 Å². The number of allylic oxidation sites excluding steroid dienone is 2. The molecule has 0 aliphatic rings. The van der Waals surface area contributed by atoms with E-state index in [1.165, 1.54) is 0 Å². The van der Waals surface area contributed by atoms with Crippen LogP contribution >= 0.6 is 0 Å². The van der Waals surface area contributed by atoms with Gasteiger partial charge in [0.25, 0.3) is 0 Å². The molecule has 92 valence electrons. The van der Waals surface area contributed by atoms with Crippen molar-refractivity contribution in [1.29, 1.82) is 0 Å². The van der Waals surface area contributed by atoms with Gasteiger partial charge in [0.2, 0.25) is 0 Å². The Hall–Kier alpha value is -1.12. The van der Waals surface area contributed by atoms with Crippen LogP contribution in [0.5, 0.6) is 0 Å². The van der Waals surface area contributed by atoms with Gasteiger partial charge in [-0.3, -0.25) is 9.59 Å².